The normalized spacial score (nSPS) is 32.6. The summed E-state index contributed by atoms with van der Waals surface area (Å²) < 4.78 is 129. The number of alkyl halides is 8. The van der Waals surface area contributed by atoms with Crippen molar-refractivity contribution in [1.82, 2.24) is 60.0 Å². The van der Waals surface area contributed by atoms with Gasteiger partial charge in [0.1, 0.15) is 78.3 Å². The average molecular weight is 1550 g/mol. The third kappa shape index (κ3) is 21.0. The largest absolute Gasteiger partial charge is 0.397 e. The summed E-state index contributed by atoms with van der Waals surface area (Å²) in [6.07, 6.45) is -15.0. The standard InChI is InChI=1S/C74H114F8N12O14/c1-10-43(3)62-70(104)87(5)42-60(97)88(6)52-20-13-12-16-29-93(69(52)103)56(36-44-21-24-47(75)25-22-44)67(101)86(4)41-58(95)83-51(26-23-45-34-49(76)61(50(77)35-45)74(80,81)82)66(100)94-40-48(108-11-2)37-54(94)65(99)85-73(27-17-28-73)72(106)91(9)63(46-18-14-15-19-46)71(105)90(8)55(68(102)92-30-32-107-33-31-92)39-59(96)89(7)53(38-57(78)79)64(98)84-62/h43-57,61-63H,10-42H2,1-9H3,(H,83,95)(H,84,98)(H,85,99)/t43-,44?,45?,47?,48+,49?,50?,51-,52-,53-,54-,55-,56-,61?,62-,63-/m0/s1. The van der Waals surface area contributed by atoms with Gasteiger partial charge >= 0.3 is 6.18 Å². The van der Waals surface area contributed by atoms with E-state index in [1.54, 1.807) is 20.8 Å². The van der Waals surface area contributed by atoms with E-state index in [1.165, 1.54) is 49.9 Å². The number of rotatable bonds is 13. The van der Waals surface area contributed by atoms with Crippen molar-refractivity contribution in [2.45, 2.75) is 266 Å². The molecular weight excluding hydrogens is 1430 g/mol. The molecular formula is C74H114F8N12O14. The van der Waals surface area contributed by atoms with Crippen LogP contribution in [0.25, 0.3) is 0 Å². The summed E-state index contributed by atoms with van der Waals surface area (Å²) in [7, 11) is 7.61. The third-order valence-electron chi connectivity index (χ3n) is 24.3. The van der Waals surface area contributed by atoms with Crippen LogP contribution in [0.5, 0.6) is 0 Å². The minimum absolute atomic E-state index is 0.00713. The topological polar surface area (TPSA) is 289 Å². The van der Waals surface area contributed by atoms with Gasteiger partial charge in [0.15, 0.2) is 0 Å². The molecule has 26 nitrogen and oxygen atoms in total. The van der Waals surface area contributed by atoms with E-state index >= 15 is 37.5 Å². The van der Waals surface area contributed by atoms with Crippen molar-refractivity contribution < 1.29 is 102 Å². The molecule has 0 radical (unpaired) electrons. The zero-order valence-electron chi connectivity index (χ0n) is 64.0. The minimum Gasteiger partial charge on any atom is -0.378 e. The molecule has 0 aromatic heterocycles. The number of nitrogens with one attached hydrogen (secondary N) is 3. The summed E-state index contributed by atoms with van der Waals surface area (Å²) in [4.78, 5) is 191. The molecule has 12 atom stereocenters. The van der Waals surface area contributed by atoms with E-state index in [0.717, 1.165) is 36.4 Å². The van der Waals surface area contributed by atoms with Crippen molar-refractivity contribution >= 4 is 70.9 Å². The molecule has 2 bridgehead atoms. The van der Waals surface area contributed by atoms with Crippen molar-refractivity contribution in [2.24, 2.45) is 29.6 Å². The summed E-state index contributed by atoms with van der Waals surface area (Å²) in [5.41, 5.74) is -1.73. The maximum absolute atomic E-state index is 15.6. The molecule has 610 valence electrons. The van der Waals surface area contributed by atoms with Gasteiger partial charge in [-0.3, -0.25) is 57.5 Å². The van der Waals surface area contributed by atoms with Gasteiger partial charge < -0.3 is 69.5 Å². The van der Waals surface area contributed by atoms with Crippen molar-refractivity contribution in [1.29, 1.82) is 0 Å². The zero-order chi connectivity index (χ0) is 79.4. The summed E-state index contributed by atoms with van der Waals surface area (Å²) >= 11 is 0. The van der Waals surface area contributed by atoms with E-state index in [4.69, 9.17) is 9.47 Å². The molecule has 8 aliphatic rings. The van der Waals surface area contributed by atoms with Crippen LogP contribution in [0.2, 0.25) is 0 Å². The van der Waals surface area contributed by atoms with Gasteiger partial charge in [-0.1, -0.05) is 46.0 Å². The Labute approximate surface area is 627 Å². The number of carbonyl (C=O) groups is 12. The number of halogens is 8. The number of amides is 12. The monoisotopic (exact) mass is 1550 g/mol. The van der Waals surface area contributed by atoms with Gasteiger partial charge in [-0.05, 0) is 133 Å². The number of carbonyl (C=O) groups excluding carboxylic acids is 12. The van der Waals surface area contributed by atoms with Crippen LogP contribution < -0.4 is 16.0 Å². The van der Waals surface area contributed by atoms with Crippen LogP contribution in [0.4, 0.5) is 35.1 Å². The first-order valence-electron chi connectivity index (χ1n) is 38.9. The van der Waals surface area contributed by atoms with Crippen LogP contribution in [0.15, 0.2) is 0 Å². The lowest BCUT2D eigenvalue weighted by atomic mass is 9.74. The highest BCUT2D eigenvalue weighted by Gasteiger charge is 2.56. The molecule has 4 aliphatic carbocycles. The quantitative estimate of drug-likeness (QED) is 0.202. The van der Waals surface area contributed by atoms with Gasteiger partial charge in [0.2, 0.25) is 77.3 Å². The second-order valence-electron chi connectivity index (χ2n) is 31.6. The van der Waals surface area contributed by atoms with Gasteiger partial charge in [-0.25, -0.2) is 22.0 Å². The Morgan fingerprint density at radius 1 is 0.620 bits per heavy atom. The fourth-order valence-corrected chi connectivity index (χ4v) is 17.4. The molecule has 3 N–H and O–H groups in total. The molecule has 4 aliphatic heterocycles. The van der Waals surface area contributed by atoms with Crippen LogP contribution >= 0.6 is 0 Å². The van der Waals surface area contributed by atoms with Gasteiger partial charge in [0, 0.05) is 87.9 Å². The number of nitrogens with zero attached hydrogens (tertiary/aromatic N) is 9. The Kier molecular flexibility index (Phi) is 30.7. The summed E-state index contributed by atoms with van der Waals surface area (Å²) in [6, 6.07) is -12.3. The molecule has 8 fully saturated rings. The lowest BCUT2D eigenvalue weighted by Crippen LogP contribution is -2.68. The lowest BCUT2D eigenvalue weighted by Gasteiger charge is -2.47. The highest BCUT2D eigenvalue weighted by molar-refractivity contribution is 6.01. The molecule has 0 aromatic rings. The van der Waals surface area contributed by atoms with E-state index in [9.17, 15) is 55.1 Å². The van der Waals surface area contributed by atoms with E-state index in [-0.39, 0.29) is 110 Å². The third-order valence-corrected chi connectivity index (χ3v) is 24.3. The molecule has 4 saturated heterocycles. The van der Waals surface area contributed by atoms with Crippen molar-refractivity contribution in [3.8, 4) is 0 Å². The SMILES string of the molecule is CCO[C@@H]1C[C@H]2C(=O)NC3(CCC3)C(=O)N(C)[C@@H](C3CCCC3)C(=O)N(C)[C@H](C(=O)N3CCOCC3)CC(=O)N(C)[C@@H](CC(F)F)C(=O)N[C@@H]([C@@H](C)CC)C(=O)N(C)CC(=O)N(C)[C@H]3CCCCCN(C3=O)[C@@H](CC3CCC(F)CC3)C(=O)N(C)CC(=O)N[C@@H](CCC3CC(F)C(C(F)(F)F)C(F)C3)C(=O)N2C1. The molecule has 0 aromatic carbocycles. The first kappa shape index (κ1) is 86.6. The van der Waals surface area contributed by atoms with Crippen LogP contribution in [0.3, 0.4) is 0 Å². The van der Waals surface area contributed by atoms with Crippen LogP contribution in [-0.4, -0.2) is 307 Å². The van der Waals surface area contributed by atoms with E-state index in [0.29, 0.717) is 64.2 Å². The number of morpholine rings is 1. The number of likely N-dealkylation sites (N-methyl/N-ethyl adjacent to an activating group) is 6. The fourth-order valence-electron chi connectivity index (χ4n) is 17.4. The molecule has 8 rings (SSSR count). The predicted octanol–water partition coefficient (Wildman–Crippen LogP) is 5.11. The van der Waals surface area contributed by atoms with Gasteiger partial charge in [0.25, 0.3) is 0 Å². The van der Waals surface area contributed by atoms with Crippen LogP contribution in [0.1, 0.15) is 175 Å². The number of ether oxygens (including phenoxy) is 2. The zero-order valence-corrected chi connectivity index (χ0v) is 64.0. The first-order valence-corrected chi connectivity index (χ1v) is 38.9. The highest BCUT2D eigenvalue weighted by Crippen LogP contribution is 2.45. The lowest BCUT2D eigenvalue weighted by molar-refractivity contribution is -0.219. The molecule has 2 unspecified atom stereocenters. The van der Waals surface area contributed by atoms with E-state index < -0.39 is 231 Å². The maximum atomic E-state index is 15.6. The summed E-state index contributed by atoms with van der Waals surface area (Å²) in [6.45, 7) is 3.45. The van der Waals surface area contributed by atoms with Crippen molar-refractivity contribution in [3.63, 3.8) is 0 Å². The Balaban J connectivity index is 1.20. The van der Waals surface area contributed by atoms with Gasteiger partial charge in [0.05, 0.1) is 38.8 Å². The maximum Gasteiger partial charge on any atom is 0.397 e. The van der Waals surface area contributed by atoms with Crippen LogP contribution in [-0.2, 0) is 67.0 Å². The first-order chi connectivity index (χ1) is 51.0. The second kappa shape index (κ2) is 38.3. The van der Waals surface area contributed by atoms with Crippen molar-refractivity contribution in [3.05, 3.63) is 0 Å². The van der Waals surface area contributed by atoms with Crippen molar-refractivity contribution in [2.75, 3.05) is 101 Å². The van der Waals surface area contributed by atoms with E-state index in [1.807, 2.05) is 0 Å². The molecule has 4 saturated carbocycles. The highest BCUT2D eigenvalue weighted by atomic mass is 19.4. The minimum atomic E-state index is -5.20. The predicted molar refractivity (Wildman–Crippen MR) is 376 cm³/mol. The van der Waals surface area contributed by atoms with E-state index in [2.05, 4.69) is 16.0 Å². The molecule has 12 amide bonds. The second-order valence-corrected chi connectivity index (χ2v) is 31.6. The molecule has 1 spiro atoms. The van der Waals surface area contributed by atoms with Gasteiger partial charge in [-0.15, -0.1) is 0 Å². The van der Waals surface area contributed by atoms with Crippen LogP contribution in [0, 0.1) is 29.6 Å². The molecule has 108 heavy (non-hydrogen) atoms. The number of hydrogen-bond acceptors (Lipinski definition) is 14. The summed E-state index contributed by atoms with van der Waals surface area (Å²) in [5, 5.41) is 8.16. The molecule has 34 heteroatoms. The Hall–Kier alpha value is -7.00. The summed E-state index contributed by atoms with van der Waals surface area (Å²) in [5.74, 6) is -15.9. The average Bonchev–Trinajstić information content (AvgIpc) is 1.29. The Bertz CT molecular complexity index is 3160. The Morgan fingerprint density at radius 2 is 1.25 bits per heavy atom. The molecule has 4 heterocycles. The van der Waals surface area contributed by atoms with Gasteiger partial charge in [-0.2, -0.15) is 13.2 Å². The smallest absolute Gasteiger partial charge is 0.378 e. The number of fused-ring (bicyclic) bond motifs is 3. The number of hydrogen-bond donors (Lipinski definition) is 3. The fraction of sp³-hybridized carbons (Fsp3) is 0.838. The Morgan fingerprint density at radius 3 is 1.84 bits per heavy atom.